The Labute approximate surface area is 136 Å². The highest BCUT2D eigenvalue weighted by atomic mass is 127. The number of halogens is 2. The molecule has 0 radical (unpaired) electrons. The molecule has 0 aliphatic rings. The molecule has 0 saturated heterocycles. The number of nitrogens with zero attached hydrogens (tertiary/aromatic N) is 1. The molecule has 0 bridgehead atoms. The fraction of sp³-hybridized carbons (Fsp3) is 0. The van der Waals surface area contributed by atoms with Gasteiger partial charge in [-0.3, -0.25) is 10.1 Å². The summed E-state index contributed by atoms with van der Waals surface area (Å²) in [5.41, 5.74) is -0.0551. The van der Waals surface area contributed by atoms with Crippen molar-refractivity contribution in [1.29, 1.82) is 0 Å². The second kappa shape index (κ2) is 6.31. The first-order valence-electron chi connectivity index (χ1n) is 5.39. The molecule has 0 aliphatic carbocycles. The van der Waals surface area contributed by atoms with Gasteiger partial charge in [-0.15, -0.1) is 0 Å². The van der Waals surface area contributed by atoms with E-state index < -0.39 is 10.9 Å². The molecule has 0 fully saturated rings. The van der Waals surface area contributed by atoms with Crippen LogP contribution in [0.3, 0.4) is 0 Å². The van der Waals surface area contributed by atoms with Crippen LogP contribution in [-0.4, -0.2) is 10.9 Å². The molecular weight excluding hydrogens is 441 g/mol. The Morgan fingerprint density at radius 2 is 1.85 bits per heavy atom. The van der Waals surface area contributed by atoms with Crippen LogP contribution in [0.1, 0.15) is 10.4 Å². The van der Waals surface area contributed by atoms with Crippen molar-refractivity contribution < 1.29 is 14.5 Å². The monoisotopic (exact) mass is 447 g/mol. The molecule has 0 aromatic heterocycles. The molecule has 0 N–H and O–H groups in total. The summed E-state index contributed by atoms with van der Waals surface area (Å²) in [4.78, 5) is 22.2. The number of carbonyl (C=O) groups excluding carboxylic acids is 1. The lowest BCUT2D eigenvalue weighted by Crippen LogP contribution is -2.09. The average molecular weight is 448 g/mol. The minimum Gasteiger partial charge on any atom is -0.423 e. The SMILES string of the molecule is O=C(Oc1ccc(I)cc1)c1ccc(Br)c([N+](=O)[O-])c1. The quantitative estimate of drug-likeness (QED) is 0.232. The van der Waals surface area contributed by atoms with E-state index in [1.54, 1.807) is 24.3 Å². The Morgan fingerprint density at radius 3 is 2.45 bits per heavy atom. The van der Waals surface area contributed by atoms with Crippen LogP contribution < -0.4 is 4.74 Å². The minimum absolute atomic E-state index is 0.124. The lowest BCUT2D eigenvalue weighted by molar-refractivity contribution is -0.385. The fourth-order valence-corrected chi connectivity index (χ4v) is 2.20. The van der Waals surface area contributed by atoms with Crippen LogP contribution >= 0.6 is 38.5 Å². The van der Waals surface area contributed by atoms with Gasteiger partial charge in [0.05, 0.1) is 15.0 Å². The van der Waals surface area contributed by atoms with Gasteiger partial charge in [0, 0.05) is 9.64 Å². The molecule has 2 rings (SSSR count). The van der Waals surface area contributed by atoms with E-state index in [9.17, 15) is 14.9 Å². The van der Waals surface area contributed by atoms with E-state index in [0.29, 0.717) is 10.2 Å². The second-order valence-electron chi connectivity index (χ2n) is 3.77. The zero-order valence-corrected chi connectivity index (χ0v) is 13.6. The number of hydrogen-bond donors (Lipinski definition) is 0. The van der Waals surface area contributed by atoms with Crippen LogP contribution in [0.4, 0.5) is 5.69 Å². The zero-order chi connectivity index (χ0) is 14.7. The topological polar surface area (TPSA) is 69.4 Å². The number of esters is 1. The molecule has 0 unspecified atom stereocenters. The van der Waals surface area contributed by atoms with Gasteiger partial charge in [0.15, 0.2) is 0 Å². The molecular formula is C13H7BrINO4. The summed E-state index contributed by atoms with van der Waals surface area (Å²) in [5, 5.41) is 10.8. The number of hydrogen-bond acceptors (Lipinski definition) is 4. The maximum absolute atomic E-state index is 11.9. The Balaban J connectivity index is 2.23. The Morgan fingerprint density at radius 1 is 1.20 bits per heavy atom. The van der Waals surface area contributed by atoms with Crippen LogP contribution in [0.2, 0.25) is 0 Å². The van der Waals surface area contributed by atoms with E-state index in [4.69, 9.17) is 4.74 Å². The predicted octanol–water partition coefficient (Wildman–Crippen LogP) is 4.18. The third-order valence-corrected chi connectivity index (χ3v) is 3.79. The number of nitro groups is 1. The van der Waals surface area contributed by atoms with Crippen LogP contribution in [0.25, 0.3) is 0 Å². The van der Waals surface area contributed by atoms with E-state index in [1.807, 2.05) is 0 Å². The van der Waals surface area contributed by atoms with Crippen molar-refractivity contribution in [3.8, 4) is 5.75 Å². The van der Waals surface area contributed by atoms with Crippen molar-refractivity contribution >= 4 is 50.2 Å². The molecule has 0 atom stereocenters. The lowest BCUT2D eigenvalue weighted by Gasteiger charge is -2.05. The van der Waals surface area contributed by atoms with Crippen molar-refractivity contribution in [1.82, 2.24) is 0 Å². The van der Waals surface area contributed by atoms with Crippen molar-refractivity contribution in [2.75, 3.05) is 0 Å². The highest BCUT2D eigenvalue weighted by Gasteiger charge is 2.17. The summed E-state index contributed by atoms with van der Waals surface area (Å²) >= 11 is 5.20. The van der Waals surface area contributed by atoms with E-state index in [-0.39, 0.29) is 11.3 Å². The molecule has 0 saturated carbocycles. The first-order valence-corrected chi connectivity index (χ1v) is 7.26. The Hall–Kier alpha value is -1.48. The van der Waals surface area contributed by atoms with Gasteiger partial charge in [-0.05, 0) is 74.9 Å². The standard InChI is InChI=1S/C13H7BrINO4/c14-11-6-1-8(7-12(11)16(18)19)13(17)20-10-4-2-9(15)3-5-10/h1-7H. The van der Waals surface area contributed by atoms with Crippen molar-refractivity contribution in [2.24, 2.45) is 0 Å². The summed E-state index contributed by atoms with van der Waals surface area (Å²) < 4.78 is 6.48. The fourth-order valence-electron chi connectivity index (χ4n) is 1.45. The molecule has 2 aromatic carbocycles. The average Bonchev–Trinajstić information content (AvgIpc) is 2.41. The van der Waals surface area contributed by atoms with E-state index in [2.05, 4.69) is 38.5 Å². The molecule has 5 nitrogen and oxygen atoms in total. The zero-order valence-electron chi connectivity index (χ0n) is 9.88. The van der Waals surface area contributed by atoms with Crippen LogP contribution in [0.5, 0.6) is 5.75 Å². The van der Waals surface area contributed by atoms with Gasteiger partial charge in [0.1, 0.15) is 5.75 Å². The Kier molecular flexibility index (Phi) is 4.71. The van der Waals surface area contributed by atoms with Crippen molar-refractivity contribution in [3.63, 3.8) is 0 Å². The largest absolute Gasteiger partial charge is 0.423 e. The van der Waals surface area contributed by atoms with E-state index in [1.165, 1.54) is 18.2 Å². The van der Waals surface area contributed by atoms with Crippen LogP contribution in [-0.2, 0) is 0 Å². The Bertz CT molecular complexity index is 673. The maximum Gasteiger partial charge on any atom is 0.343 e. The first-order chi connectivity index (χ1) is 9.47. The molecule has 0 aliphatic heterocycles. The number of nitro benzene ring substituents is 1. The first kappa shape index (κ1) is 14.9. The summed E-state index contributed by atoms with van der Waals surface area (Å²) in [5.74, 6) is -0.247. The van der Waals surface area contributed by atoms with Gasteiger partial charge in [-0.25, -0.2) is 4.79 Å². The molecule has 0 spiro atoms. The lowest BCUT2D eigenvalue weighted by atomic mass is 10.2. The number of carbonyl (C=O) groups is 1. The van der Waals surface area contributed by atoms with Crippen LogP contribution in [0.15, 0.2) is 46.9 Å². The summed E-state index contributed by atoms with van der Waals surface area (Å²) in [6.45, 7) is 0. The number of benzene rings is 2. The maximum atomic E-state index is 11.9. The number of rotatable bonds is 3. The third-order valence-electron chi connectivity index (χ3n) is 2.40. The van der Waals surface area contributed by atoms with Gasteiger partial charge in [-0.2, -0.15) is 0 Å². The molecule has 102 valence electrons. The predicted molar refractivity (Wildman–Crippen MR) is 84.9 cm³/mol. The van der Waals surface area contributed by atoms with E-state index in [0.717, 1.165) is 3.57 Å². The smallest absolute Gasteiger partial charge is 0.343 e. The summed E-state index contributed by atoms with van der Waals surface area (Å²) in [6.07, 6.45) is 0. The van der Waals surface area contributed by atoms with Gasteiger partial charge in [0.2, 0.25) is 0 Å². The van der Waals surface area contributed by atoms with Gasteiger partial charge >= 0.3 is 5.97 Å². The molecule has 7 heteroatoms. The highest BCUT2D eigenvalue weighted by molar-refractivity contribution is 14.1. The van der Waals surface area contributed by atoms with Gasteiger partial charge in [-0.1, -0.05) is 0 Å². The van der Waals surface area contributed by atoms with Crippen molar-refractivity contribution in [2.45, 2.75) is 0 Å². The normalized spacial score (nSPS) is 10.1. The third kappa shape index (κ3) is 3.54. The molecule has 2 aromatic rings. The minimum atomic E-state index is -0.637. The highest BCUT2D eigenvalue weighted by Crippen LogP contribution is 2.26. The number of ether oxygens (including phenoxy) is 1. The molecule has 0 amide bonds. The van der Waals surface area contributed by atoms with Crippen molar-refractivity contribution in [3.05, 3.63) is 66.2 Å². The molecule has 20 heavy (non-hydrogen) atoms. The molecule has 0 heterocycles. The van der Waals surface area contributed by atoms with Gasteiger partial charge < -0.3 is 4.74 Å². The van der Waals surface area contributed by atoms with Gasteiger partial charge in [0.25, 0.3) is 5.69 Å². The summed E-state index contributed by atoms with van der Waals surface area (Å²) in [6, 6.07) is 11.0. The van der Waals surface area contributed by atoms with Crippen LogP contribution in [0, 0.1) is 13.7 Å². The van der Waals surface area contributed by atoms with E-state index >= 15 is 0 Å². The second-order valence-corrected chi connectivity index (χ2v) is 5.87. The summed E-state index contributed by atoms with van der Waals surface area (Å²) in [7, 11) is 0.